The van der Waals surface area contributed by atoms with Crippen LogP contribution >= 0.6 is 0 Å². The molecule has 0 N–H and O–H groups in total. The molecule has 0 atom stereocenters. The van der Waals surface area contributed by atoms with Gasteiger partial charge in [0.2, 0.25) is 5.89 Å². The van der Waals surface area contributed by atoms with E-state index in [1.807, 2.05) is 11.8 Å². The summed E-state index contributed by atoms with van der Waals surface area (Å²) in [4.78, 5) is 13.1. The molecule has 0 saturated carbocycles. The van der Waals surface area contributed by atoms with Crippen LogP contribution in [0.25, 0.3) is 0 Å². The Bertz CT molecular complexity index is 797. The Labute approximate surface area is 141 Å². The Morgan fingerprint density at radius 1 is 1.25 bits per heavy atom. The summed E-state index contributed by atoms with van der Waals surface area (Å²) >= 11 is 0. The Hall–Kier alpha value is -2.00. The van der Waals surface area contributed by atoms with Gasteiger partial charge in [0.15, 0.2) is 15.7 Å². The predicted octanol–water partition coefficient (Wildman–Crippen LogP) is 0.753. The lowest BCUT2D eigenvalue weighted by atomic mass is 10.3. The van der Waals surface area contributed by atoms with Gasteiger partial charge in [-0.1, -0.05) is 12.1 Å². The van der Waals surface area contributed by atoms with E-state index in [1.165, 1.54) is 6.26 Å². The molecular weight excluding hydrogens is 330 g/mol. The first-order valence-electron chi connectivity index (χ1n) is 7.91. The summed E-state index contributed by atoms with van der Waals surface area (Å²) in [5.74, 6) is 1.87. The fourth-order valence-corrected chi connectivity index (χ4v) is 3.56. The molecule has 24 heavy (non-hydrogen) atoms. The molecule has 1 fully saturated rings. The molecule has 1 aliphatic heterocycles. The third-order valence-electron chi connectivity index (χ3n) is 4.00. The number of rotatable bonds is 5. The first-order valence-corrected chi connectivity index (χ1v) is 9.80. The van der Waals surface area contributed by atoms with Crippen LogP contribution in [-0.4, -0.2) is 60.9 Å². The van der Waals surface area contributed by atoms with Crippen molar-refractivity contribution < 1.29 is 12.9 Å². The zero-order valence-corrected chi connectivity index (χ0v) is 14.7. The van der Waals surface area contributed by atoms with E-state index in [1.54, 1.807) is 18.3 Å². The van der Waals surface area contributed by atoms with E-state index in [-0.39, 0.29) is 4.90 Å². The molecule has 0 aliphatic carbocycles. The molecule has 2 aromatic heterocycles. The second kappa shape index (κ2) is 6.86. The summed E-state index contributed by atoms with van der Waals surface area (Å²) in [5.41, 5.74) is 0. The molecule has 1 aliphatic rings. The van der Waals surface area contributed by atoms with Crippen LogP contribution in [0.15, 0.2) is 27.7 Å². The molecule has 3 heterocycles. The van der Waals surface area contributed by atoms with Gasteiger partial charge in [-0.3, -0.25) is 4.90 Å². The highest BCUT2D eigenvalue weighted by molar-refractivity contribution is 7.90. The minimum atomic E-state index is -3.30. The number of nitrogens with zero attached hydrogens (tertiary/aromatic N) is 5. The molecule has 8 nitrogen and oxygen atoms in total. The van der Waals surface area contributed by atoms with E-state index in [0.29, 0.717) is 37.2 Å². The van der Waals surface area contributed by atoms with Gasteiger partial charge in [0.05, 0.1) is 6.54 Å². The second-order valence-electron chi connectivity index (χ2n) is 5.82. The number of sulfone groups is 1. The zero-order valence-electron chi connectivity index (χ0n) is 13.8. The molecule has 0 unspecified atom stereocenters. The second-order valence-corrected chi connectivity index (χ2v) is 7.80. The van der Waals surface area contributed by atoms with E-state index >= 15 is 0 Å². The third-order valence-corrected chi connectivity index (χ3v) is 5.12. The van der Waals surface area contributed by atoms with Gasteiger partial charge in [-0.25, -0.2) is 13.4 Å². The summed E-state index contributed by atoms with van der Waals surface area (Å²) in [6.07, 6.45) is 3.57. The molecule has 0 radical (unpaired) electrons. The van der Waals surface area contributed by atoms with Gasteiger partial charge in [0.1, 0.15) is 10.7 Å². The molecule has 9 heteroatoms. The molecule has 0 spiro atoms. The summed E-state index contributed by atoms with van der Waals surface area (Å²) in [7, 11) is -3.30. The maximum atomic E-state index is 11.9. The Morgan fingerprint density at radius 3 is 2.62 bits per heavy atom. The van der Waals surface area contributed by atoms with E-state index in [0.717, 1.165) is 19.5 Å². The SMILES string of the molecule is CCc1nc(CN2CCN(c3ncccc3S(C)(=O)=O)CC2)no1. The largest absolute Gasteiger partial charge is 0.353 e. The molecule has 1 saturated heterocycles. The van der Waals surface area contributed by atoms with Crippen LogP contribution in [0.3, 0.4) is 0 Å². The van der Waals surface area contributed by atoms with Crippen LogP contribution in [0.1, 0.15) is 18.6 Å². The summed E-state index contributed by atoms with van der Waals surface area (Å²) < 4.78 is 29.0. The maximum absolute atomic E-state index is 11.9. The third kappa shape index (κ3) is 3.73. The molecule has 3 rings (SSSR count). The number of pyridine rings is 1. The van der Waals surface area contributed by atoms with E-state index in [4.69, 9.17) is 4.52 Å². The van der Waals surface area contributed by atoms with Crippen LogP contribution in [0.5, 0.6) is 0 Å². The number of anilines is 1. The zero-order chi connectivity index (χ0) is 17.2. The predicted molar refractivity (Wildman–Crippen MR) is 88.5 cm³/mol. The van der Waals surface area contributed by atoms with Crippen LogP contribution in [0.4, 0.5) is 5.82 Å². The molecule has 0 amide bonds. The average Bonchev–Trinajstić information content (AvgIpc) is 3.02. The van der Waals surface area contributed by atoms with Gasteiger partial charge < -0.3 is 9.42 Å². The first-order chi connectivity index (χ1) is 11.5. The van der Waals surface area contributed by atoms with Gasteiger partial charge in [-0.15, -0.1) is 0 Å². The Kier molecular flexibility index (Phi) is 4.81. The van der Waals surface area contributed by atoms with Crippen LogP contribution < -0.4 is 4.90 Å². The van der Waals surface area contributed by atoms with Crippen molar-refractivity contribution in [1.82, 2.24) is 20.0 Å². The quantitative estimate of drug-likeness (QED) is 0.779. The summed E-state index contributed by atoms with van der Waals surface area (Å²) in [6.45, 7) is 5.60. The van der Waals surface area contributed by atoms with Crippen LogP contribution in [0, 0.1) is 0 Å². The van der Waals surface area contributed by atoms with E-state index in [2.05, 4.69) is 20.0 Å². The molecular formula is C15H21N5O3S. The van der Waals surface area contributed by atoms with Crippen molar-refractivity contribution in [1.29, 1.82) is 0 Å². The fraction of sp³-hybridized carbons (Fsp3) is 0.533. The van der Waals surface area contributed by atoms with Gasteiger partial charge in [0, 0.05) is 45.1 Å². The highest BCUT2D eigenvalue weighted by Crippen LogP contribution is 2.23. The monoisotopic (exact) mass is 351 g/mol. The van der Waals surface area contributed by atoms with Crippen molar-refractivity contribution in [2.24, 2.45) is 0 Å². The normalized spacial score (nSPS) is 16.5. The van der Waals surface area contributed by atoms with Crippen molar-refractivity contribution in [3.63, 3.8) is 0 Å². The highest BCUT2D eigenvalue weighted by atomic mass is 32.2. The standard InChI is InChI=1S/C15H21N5O3S/c1-3-14-17-13(18-23-14)11-19-7-9-20(10-8-19)15-12(24(2,21)22)5-4-6-16-15/h4-6H,3,7-11H2,1-2H3. The topological polar surface area (TPSA) is 92.4 Å². The molecule has 2 aromatic rings. The van der Waals surface area contributed by atoms with Crippen LogP contribution in [0.2, 0.25) is 0 Å². The number of piperazine rings is 1. The Balaban J connectivity index is 1.65. The molecule has 0 bridgehead atoms. The van der Waals surface area contributed by atoms with Crippen molar-refractivity contribution in [2.45, 2.75) is 24.8 Å². The lowest BCUT2D eigenvalue weighted by Crippen LogP contribution is -2.46. The van der Waals surface area contributed by atoms with E-state index < -0.39 is 9.84 Å². The van der Waals surface area contributed by atoms with Gasteiger partial charge >= 0.3 is 0 Å². The lowest BCUT2D eigenvalue weighted by Gasteiger charge is -2.35. The van der Waals surface area contributed by atoms with Crippen molar-refractivity contribution in [3.8, 4) is 0 Å². The van der Waals surface area contributed by atoms with Crippen molar-refractivity contribution in [2.75, 3.05) is 37.3 Å². The van der Waals surface area contributed by atoms with Gasteiger partial charge in [-0.2, -0.15) is 4.98 Å². The van der Waals surface area contributed by atoms with Crippen molar-refractivity contribution in [3.05, 3.63) is 30.0 Å². The minimum Gasteiger partial charge on any atom is -0.353 e. The molecule has 0 aromatic carbocycles. The lowest BCUT2D eigenvalue weighted by molar-refractivity contribution is 0.239. The highest BCUT2D eigenvalue weighted by Gasteiger charge is 2.24. The van der Waals surface area contributed by atoms with Gasteiger partial charge in [0.25, 0.3) is 0 Å². The van der Waals surface area contributed by atoms with Crippen molar-refractivity contribution >= 4 is 15.7 Å². The Morgan fingerprint density at radius 2 is 2.00 bits per heavy atom. The smallest absolute Gasteiger partial charge is 0.226 e. The van der Waals surface area contributed by atoms with E-state index in [9.17, 15) is 8.42 Å². The van der Waals surface area contributed by atoms with Crippen LogP contribution in [-0.2, 0) is 22.8 Å². The average molecular weight is 351 g/mol. The first kappa shape index (κ1) is 16.8. The van der Waals surface area contributed by atoms with Gasteiger partial charge in [-0.05, 0) is 12.1 Å². The number of aromatic nitrogens is 3. The minimum absolute atomic E-state index is 0.282. The number of hydrogen-bond donors (Lipinski definition) is 0. The number of aryl methyl sites for hydroxylation is 1. The maximum Gasteiger partial charge on any atom is 0.226 e. The molecule has 130 valence electrons. The summed E-state index contributed by atoms with van der Waals surface area (Å²) in [6, 6.07) is 3.26. The summed E-state index contributed by atoms with van der Waals surface area (Å²) in [5, 5.41) is 3.97. The fourth-order valence-electron chi connectivity index (χ4n) is 2.72. The number of hydrogen-bond acceptors (Lipinski definition) is 8.